The van der Waals surface area contributed by atoms with Gasteiger partial charge in [0, 0.05) is 6.42 Å². The zero-order valence-electron chi connectivity index (χ0n) is 23.6. The molecule has 35 heavy (non-hydrogen) atoms. The molecule has 0 saturated carbocycles. The molecule has 0 fully saturated rings. The Hall–Kier alpha value is -0.870. The van der Waals surface area contributed by atoms with Crippen LogP contribution in [-0.2, 0) is 4.79 Å². The zero-order chi connectivity index (χ0) is 25.8. The summed E-state index contributed by atoms with van der Waals surface area (Å²) in [5.41, 5.74) is 0. The second kappa shape index (κ2) is 27.7. The fourth-order valence-corrected chi connectivity index (χ4v) is 4.59. The molecule has 0 aliphatic rings. The van der Waals surface area contributed by atoms with E-state index in [9.17, 15) is 15.0 Å². The Balaban J connectivity index is 3.67. The number of carbonyl (C=O) groups excluding carboxylic acids is 1. The maximum absolute atomic E-state index is 12.2. The number of aliphatic hydroxyl groups excluding tert-OH is 2. The zero-order valence-corrected chi connectivity index (χ0v) is 23.6. The van der Waals surface area contributed by atoms with Gasteiger partial charge in [0.15, 0.2) is 0 Å². The van der Waals surface area contributed by atoms with E-state index < -0.39 is 12.1 Å². The van der Waals surface area contributed by atoms with Crippen molar-refractivity contribution in [3.63, 3.8) is 0 Å². The Morgan fingerprint density at radius 1 is 0.657 bits per heavy atom. The number of unbranched alkanes of at least 4 members (excludes halogenated alkanes) is 20. The van der Waals surface area contributed by atoms with Crippen LogP contribution in [0, 0.1) is 0 Å². The fraction of sp³-hybridized carbons (Fsp3) is 0.903. The molecule has 0 heterocycles. The molecule has 0 aromatic rings. The van der Waals surface area contributed by atoms with Crippen molar-refractivity contribution in [2.45, 2.75) is 174 Å². The summed E-state index contributed by atoms with van der Waals surface area (Å²) in [6, 6.07) is -0.612. The minimum absolute atomic E-state index is 0.0681. The van der Waals surface area contributed by atoms with Gasteiger partial charge in [0.2, 0.25) is 5.91 Å². The normalized spacial score (nSPS) is 13.4. The number of allylic oxidation sites excluding steroid dienone is 1. The summed E-state index contributed by atoms with van der Waals surface area (Å²) in [5.74, 6) is -0.0681. The number of aliphatic hydroxyl groups is 2. The van der Waals surface area contributed by atoms with E-state index in [4.69, 9.17) is 0 Å². The van der Waals surface area contributed by atoms with E-state index in [1.165, 1.54) is 116 Å². The number of amides is 1. The molecule has 0 aromatic carbocycles. The summed E-state index contributed by atoms with van der Waals surface area (Å²) in [7, 11) is 0. The first kappa shape index (κ1) is 34.1. The van der Waals surface area contributed by atoms with Gasteiger partial charge >= 0.3 is 0 Å². The summed E-state index contributed by atoms with van der Waals surface area (Å²) >= 11 is 0. The third-order valence-electron chi connectivity index (χ3n) is 7.02. The van der Waals surface area contributed by atoms with Crippen molar-refractivity contribution < 1.29 is 15.0 Å². The lowest BCUT2D eigenvalue weighted by atomic mass is 10.0. The highest BCUT2D eigenvalue weighted by molar-refractivity contribution is 5.76. The Labute approximate surface area is 218 Å². The van der Waals surface area contributed by atoms with Gasteiger partial charge in [-0.25, -0.2) is 0 Å². The maximum atomic E-state index is 12.2. The van der Waals surface area contributed by atoms with E-state index in [1.54, 1.807) is 6.08 Å². The molecule has 1 amide bonds. The van der Waals surface area contributed by atoms with Gasteiger partial charge in [-0.3, -0.25) is 4.79 Å². The van der Waals surface area contributed by atoms with Crippen LogP contribution in [0.1, 0.15) is 162 Å². The predicted octanol–water partition coefficient (Wildman–Crippen LogP) is 8.39. The van der Waals surface area contributed by atoms with Crippen molar-refractivity contribution in [1.29, 1.82) is 0 Å². The predicted molar refractivity (Wildman–Crippen MR) is 152 cm³/mol. The lowest BCUT2D eigenvalue weighted by molar-refractivity contribution is -0.123. The highest BCUT2D eigenvalue weighted by Crippen LogP contribution is 2.13. The number of carbonyl (C=O) groups is 1. The van der Waals surface area contributed by atoms with Crippen molar-refractivity contribution in [2.75, 3.05) is 6.61 Å². The van der Waals surface area contributed by atoms with Gasteiger partial charge in [0.25, 0.3) is 0 Å². The van der Waals surface area contributed by atoms with Crippen LogP contribution in [0.2, 0.25) is 0 Å². The molecule has 0 unspecified atom stereocenters. The van der Waals surface area contributed by atoms with Gasteiger partial charge in [-0.15, -0.1) is 0 Å². The third kappa shape index (κ3) is 24.6. The monoisotopic (exact) mass is 495 g/mol. The minimum Gasteiger partial charge on any atom is -0.394 e. The molecular weight excluding hydrogens is 434 g/mol. The number of hydrogen-bond acceptors (Lipinski definition) is 3. The molecule has 2 atom stereocenters. The summed E-state index contributed by atoms with van der Waals surface area (Å²) in [6.45, 7) is 4.27. The number of rotatable bonds is 27. The van der Waals surface area contributed by atoms with Crippen LogP contribution in [0.15, 0.2) is 12.2 Å². The van der Waals surface area contributed by atoms with Crippen molar-refractivity contribution in [1.82, 2.24) is 5.32 Å². The van der Waals surface area contributed by atoms with E-state index >= 15 is 0 Å². The first-order valence-corrected chi connectivity index (χ1v) is 15.4. The molecule has 0 aliphatic heterocycles. The molecule has 208 valence electrons. The molecule has 0 spiro atoms. The molecule has 0 aromatic heterocycles. The molecule has 0 aliphatic carbocycles. The van der Waals surface area contributed by atoms with Crippen LogP contribution in [0.25, 0.3) is 0 Å². The molecule has 0 saturated heterocycles. The molecule has 0 radical (unpaired) electrons. The van der Waals surface area contributed by atoms with Crippen LogP contribution in [0.3, 0.4) is 0 Å². The Morgan fingerprint density at radius 3 is 1.49 bits per heavy atom. The van der Waals surface area contributed by atoms with Gasteiger partial charge in [0.05, 0.1) is 18.8 Å². The number of nitrogens with one attached hydrogen (secondary N) is 1. The molecule has 4 nitrogen and oxygen atoms in total. The SMILES string of the molecule is CCCCCCCCCCCCC/C=C/[C@@H](O)[C@H](CO)NC(=O)CCCCCCCCCCCC. The van der Waals surface area contributed by atoms with E-state index in [2.05, 4.69) is 19.2 Å². The van der Waals surface area contributed by atoms with Crippen LogP contribution in [0.5, 0.6) is 0 Å². The third-order valence-corrected chi connectivity index (χ3v) is 7.02. The topological polar surface area (TPSA) is 69.6 Å². The average Bonchev–Trinajstić information content (AvgIpc) is 2.86. The molecule has 4 heteroatoms. The van der Waals surface area contributed by atoms with Crippen LogP contribution < -0.4 is 5.32 Å². The van der Waals surface area contributed by atoms with Gasteiger partial charge in [-0.1, -0.05) is 148 Å². The van der Waals surface area contributed by atoms with E-state index in [1.807, 2.05) is 6.08 Å². The standard InChI is InChI=1S/C31H61NO3/c1-3-5-7-9-11-13-15-16-17-18-20-22-24-26-30(34)29(28-33)32-31(35)27-25-23-21-19-14-12-10-8-6-4-2/h24,26,29-30,33-34H,3-23,25,27-28H2,1-2H3,(H,32,35)/b26-24+/t29-,30+/m0/s1. The van der Waals surface area contributed by atoms with Gasteiger partial charge < -0.3 is 15.5 Å². The summed E-state index contributed by atoms with van der Waals surface area (Å²) < 4.78 is 0. The van der Waals surface area contributed by atoms with E-state index in [0.717, 1.165) is 25.7 Å². The molecule has 0 bridgehead atoms. The first-order valence-electron chi connectivity index (χ1n) is 15.4. The molecule has 3 N–H and O–H groups in total. The van der Waals surface area contributed by atoms with Gasteiger partial charge in [0.1, 0.15) is 0 Å². The second-order valence-electron chi connectivity index (χ2n) is 10.5. The first-order chi connectivity index (χ1) is 17.2. The quantitative estimate of drug-likeness (QED) is 0.0791. The smallest absolute Gasteiger partial charge is 0.220 e. The maximum Gasteiger partial charge on any atom is 0.220 e. The summed E-state index contributed by atoms with van der Waals surface area (Å²) in [4.78, 5) is 12.2. The average molecular weight is 496 g/mol. The van der Waals surface area contributed by atoms with Crippen molar-refractivity contribution in [3.8, 4) is 0 Å². The Morgan fingerprint density at radius 2 is 1.06 bits per heavy atom. The van der Waals surface area contributed by atoms with Crippen molar-refractivity contribution in [2.24, 2.45) is 0 Å². The Kier molecular flexibility index (Phi) is 27.0. The lowest BCUT2D eigenvalue weighted by Gasteiger charge is -2.20. The number of hydrogen-bond donors (Lipinski definition) is 3. The van der Waals surface area contributed by atoms with Crippen LogP contribution in [0.4, 0.5) is 0 Å². The molecular formula is C31H61NO3. The van der Waals surface area contributed by atoms with Crippen molar-refractivity contribution >= 4 is 5.91 Å². The Bertz CT molecular complexity index is 466. The lowest BCUT2D eigenvalue weighted by Crippen LogP contribution is -2.45. The molecule has 0 rings (SSSR count). The fourth-order valence-electron chi connectivity index (χ4n) is 4.59. The highest BCUT2D eigenvalue weighted by atomic mass is 16.3. The second-order valence-corrected chi connectivity index (χ2v) is 10.5. The van der Waals surface area contributed by atoms with E-state index in [0.29, 0.717) is 6.42 Å². The largest absolute Gasteiger partial charge is 0.394 e. The van der Waals surface area contributed by atoms with Gasteiger partial charge in [-0.2, -0.15) is 0 Å². The van der Waals surface area contributed by atoms with Crippen molar-refractivity contribution in [3.05, 3.63) is 12.2 Å². The summed E-state index contributed by atoms with van der Waals surface area (Å²) in [6.07, 6.45) is 31.4. The summed E-state index contributed by atoms with van der Waals surface area (Å²) in [5, 5.41) is 22.7. The highest BCUT2D eigenvalue weighted by Gasteiger charge is 2.17. The van der Waals surface area contributed by atoms with Gasteiger partial charge in [-0.05, 0) is 19.3 Å². The van der Waals surface area contributed by atoms with E-state index in [-0.39, 0.29) is 12.5 Å². The van der Waals surface area contributed by atoms with Crippen LogP contribution in [-0.4, -0.2) is 34.9 Å². The minimum atomic E-state index is -0.829. The van der Waals surface area contributed by atoms with Crippen LogP contribution >= 0.6 is 0 Å².